The van der Waals surface area contributed by atoms with Crippen LogP contribution < -0.4 is 21.3 Å². The van der Waals surface area contributed by atoms with Crippen LogP contribution in [0.2, 0.25) is 0 Å². The van der Waals surface area contributed by atoms with Crippen LogP contribution in [-0.2, 0) is 24.5 Å². The fraction of sp³-hybridized carbons (Fsp3) is 0.840. The molecule has 0 saturated carbocycles. The number of urea groups is 1. The number of carboxylic acid groups (broad SMARTS) is 1. The number of fused-ring (bicyclic) bond motifs is 1. The molecule has 4 atom stereocenters. The molecule has 2 rings (SSSR count). The fourth-order valence-corrected chi connectivity index (χ4v) is 7.23. The van der Waals surface area contributed by atoms with Gasteiger partial charge in [-0.3, -0.25) is 18.9 Å². The first kappa shape index (κ1) is 34.1. The van der Waals surface area contributed by atoms with Crippen molar-refractivity contribution in [3.63, 3.8) is 0 Å². The number of hydrogen-bond donors (Lipinski definition) is 6. The van der Waals surface area contributed by atoms with Gasteiger partial charge < -0.3 is 30.9 Å². The second-order valence-electron chi connectivity index (χ2n) is 11.0. The lowest BCUT2D eigenvalue weighted by molar-refractivity contribution is -0.909. The first-order valence-electron chi connectivity index (χ1n) is 14.1. The SMILES string of the molecule is C[N+](CCCNC(=O)CCCCC1SCC2NC(=O)NC21)(CCCNC(=O)CCCC(=O)O)CCCS(=O)(=O)O. The maximum Gasteiger partial charge on any atom is 0.315 e. The van der Waals surface area contributed by atoms with Gasteiger partial charge in [0.15, 0.2) is 0 Å². The summed E-state index contributed by atoms with van der Waals surface area (Å²) >= 11 is 1.87. The van der Waals surface area contributed by atoms with Gasteiger partial charge in [0.05, 0.1) is 44.5 Å². The summed E-state index contributed by atoms with van der Waals surface area (Å²) in [6.45, 7) is 2.83. The van der Waals surface area contributed by atoms with Gasteiger partial charge in [0.2, 0.25) is 11.8 Å². The molecule has 2 saturated heterocycles. The zero-order valence-electron chi connectivity index (χ0n) is 23.4. The number of rotatable bonds is 21. The molecule has 2 fully saturated rings. The molecule has 4 unspecified atom stereocenters. The summed E-state index contributed by atoms with van der Waals surface area (Å²) in [4.78, 5) is 46.2. The quantitative estimate of drug-likeness (QED) is 0.0471. The monoisotopic (exact) mass is 608 g/mol. The highest BCUT2D eigenvalue weighted by atomic mass is 32.2. The van der Waals surface area contributed by atoms with E-state index in [1.165, 1.54) is 0 Å². The van der Waals surface area contributed by atoms with Crippen LogP contribution in [0, 0.1) is 0 Å². The Balaban J connectivity index is 1.63. The van der Waals surface area contributed by atoms with Crippen molar-refractivity contribution in [3.05, 3.63) is 0 Å². The predicted molar refractivity (Wildman–Crippen MR) is 153 cm³/mol. The van der Waals surface area contributed by atoms with Crippen molar-refractivity contribution in [2.24, 2.45) is 0 Å². The Labute approximate surface area is 241 Å². The molecule has 4 amide bonds. The third kappa shape index (κ3) is 14.0. The molecule has 2 heterocycles. The summed E-state index contributed by atoms with van der Waals surface area (Å²) in [6.07, 6.45) is 5.15. The van der Waals surface area contributed by atoms with Crippen LogP contribution in [0.5, 0.6) is 0 Å². The molecule has 2 aliphatic heterocycles. The Morgan fingerprint density at radius 2 is 1.52 bits per heavy atom. The molecule has 15 heteroatoms. The first-order valence-corrected chi connectivity index (χ1v) is 16.8. The molecule has 0 aromatic heterocycles. The van der Waals surface area contributed by atoms with E-state index in [0.717, 1.165) is 25.0 Å². The average molecular weight is 609 g/mol. The Morgan fingerprint density at radius 3 is 2.12 bits per heavy atom. The maximum absolute atomic E-state index is 12.3. The molecule has 13 nitrogen and oxygen atoms in total. The zero-order valence-corrected chi connectivity index (χ0v) is 25.0. The highest BCUT2D eigenvalue weighted by Crippen LogP contribution is 2.33. The topological polar surface area (TPSA) is 191 Å². The number of nitrogens with one attached hydrogen (secondary N) is 4. The molecular weight excluding hydrogens is 562 g/mol. The fourth-order valence-electron chi connectivity index (χ4n) is 5.19. The van der Waals surface area contributed by atoms with Crippen LogP contribution in [0.25, 0.3) is 0 Å². The first-order chi connectivity index (χ1) is 18.9. The number of carbonyl (C=O) groups is 4. The second kappa shape index (κ2) is 17.0. The molecule has 0 radical (unpaired) electrons. The van der Waals surface area contributed by atoms with Gasteiger partial charge in [-0.25, -0.2) is 4.79 Å². The Morgan fingerprint density at radius 1 is 0.925 bits per heavy atom. The van der Waals surface area contributed by atoms with Gasteiger partial charge >= 0.3 is 12.0 Å². The number of quaternary nitrogens is 1. The highest BCUT2D eigenvalue weighted by Gasteiger charge is 2.42. The molecule has 0 spiro atoms. The van der Waals surface area contributed by atoms with Crippen molar-refractivity contribution in [1.29, 1.82) is 0 Å². The molecule has 40 heavy (non-hydrogen) atoms. The molecule has 230 valence electrons. The smallest absolute Gasteiger partial charge is 0.315 e. The van der Waals surface area contributed by atoms with Gasteiger partial charge in [-0.15, -0.1) is 0 Å². The molecule has 6 N–H and O–H groups in total. The largest absolute Gasteiger partial charge is 0.481 e. The van der Waals surface area contributed by atoms with E-state index in [4.69, 9.17) is 9.66 Å². The number of amides is 4. The van der Waals surface area contributed by atoms with Crippen molar-refractivity contribution in [2.45, 2.75) is 81.5 Å². The molecule has 0 bridgehead atoms. The van der Waals surface area contributed by atoms with Crippen LogP contribution >= 0.6 is 11.8 Å². The minimum Gasteiger partial charge on any atom is -0.481 e. The van der Waals surface area contributed by atoms with Gasteiger partial charge in [-0.05, 0) is 19.3 Å². The average Bonchev–Trinajstić information content (AvgIpc) is 3.40. The number of unbranched alkanes of at least 4 members (excludes halogenated alkanes) is 1. The van der Waals surface area contributed by atoms with Crippen molar-refractivity contribution in [2.75, 3.05) is 51.3 Å². The van der Waals surface area contributed by atoms with Crippen LogP contribution in [0.15, 0.2) is 0 Å². The van der Waals surface area contributed by atoms with E-state index >= 15 is 0 Å². The van der Waals surface area contributed by atoms with Gasteiger partial charge in [0, 0.05) is 62.6 Å². The lowest BCUT2D eigenvalue weighted by atomic mass is 10.0. The lowest BCUT2D eigenvalue weighted by Crippen LogP contribution is -2.48. The molecule has 2 aliphatic rings. The normalized spacial score (nSPS) is 21.6. The van der Waals surface area contributed by atoms with E-state index in [9.17, 15) is 27.6 Å². The van der Waals surface area contributed by atoms with Crippen LogP contribution in [0.1, 0.15) is 64.2 Å². The summed E-state index contributed by atoms with van der Waals surface area (Å²) in [5.74, 6) is -0.526. The van der Waals surface area contributed by atoms with E-state index in [1.807, 2.05) is 18.8 Å². The lowest BCUT2D eigenvalue weighted by Gasteiger charge is -2.35. The molecular formula is C25H46N5O8S2+. The van der Waals surface area contributed by atoms with Crippen molar-refractivity contribution < 1.29 is 41.7 Å². The van der Waals surface area contributed by atoms with E-state index in [0.29, 0.717) is 68.1 Å². The minimum absolute atomic E-state index is 0.000949. The zero-order chi connectivity index (χ0) is 29.6. The number of hydrogen-bond acceptors (Lipinski definition) is 7. The number of thioether (sulfide) groups is 1. The van der Waals surface area contributed by atoms with Crippen molar-refractivity contribution in [3.8, 4) is 0 Å². The van der Waals surface area contributed by atoms with Gasteiger partial charge in [0.1, 0.15) is 0 Å². The summed E-state index contributed by atoms with van der Waals surface area (Å²) in [7, 11) is -2.05. The summed E-state index contributed by atoms with van der Waals surface area (Å²) in [5, 5.41) is 20.7. The standard InChI is InChI=1S/C25H45N5O8S2/c1-30(16-7-17-40(36,37)38,15-6-13-27-22(32)10-4-11-23(33)34)14-5-12-26-21(31)9-3-2-8-20-24-19(18-39-20)28-25(35)29-24/h19-20,24H,2-18H2,1H3,(H5-,26,27,28,29,31,32,33,34,35,36,37,38)/p+1. The number of aliphatic carboxylic acids is 1. The number of carboxylic acids is 1. The number of carbonyl (C=O) groups excluding carboxylic acids is 3. The third-order valence-electron chi connectivity index (χ3n) is 7.37. The van der Waals surface area contributed by atoms with Crippen LogP contribution in [0.4, 0.5) is 4.79 Å². The summed E-state index contributed by atoms with van der Waals surface area (Å²) in [5.41, 5.74) is 0. The van der Waals surface area contributed by atoms with E-state index in [2.05, 4.69) is 21.3 Å². The minimum atomic E-state index is -4.05. The van der Waals surface area contributed by atoms with E-state index < -0.39 is 16.1 Å². The van der Waals surface area contributed by atoms with E-state index in [-0.39, 0.29) is 54.9 Å². The third-order valence-corrected chi connectivity index (χ3v) is 9.68. The molecule has 0 aromatic carbocycles. The second-order valence-corrected chi connectivity index (χ2v) is 13.8. The van der Waals surface area contributed by atoms with Crippen LogP contribution in [0.3, 0.4) is 0 Å². The highest BCUT2D eigenvalue weighted by molar-refractivity contribution is 8.00. The molecule has 0 aliphatic carbocycles. The van der Waals surface area contributed by atoms with Gasteiger partial charge in [0.25, 0.3) is 10.1 Å². The van der Waals surface area contributed by atoms with Gasteiger partial charge in [-0.1, -0.05) is 6.42 Å². The van der Waals surface area contributed by atoms with Gasteiger partial charge in [-0.2, -0.15) is 20.2 Å². The van der Waals surface area contributed by atoms with Crippen molar-refractivity contribution >= 4 is 45.7 Å². The Kier molecular flexibility index (Phi) is 14.5. The predicted octanol–water partition coefficient (Wildman–Crippen LogP) is 0.704. The number of nitrogens with zero attached hydrogens (tertiary/aromatic N) is 1. The van der Waals surface area contributed by atoms with Crippen LogP contribution in [-0.4, -0.2) is 115 Å². The summed E-state index contributed by atoms with van der Waals surface area (Å²) in [6, 6.07) is 0.290. The van der Waals surface area contributed by atoms with Crippen molar-refractivity contribution in [1.82, 2.24) is 21.3 Å². The van der Waals surface area contributed by atoms with E-state index in [1.54, 1.807) is 0 Å². The summed E-state index contributed by atoms with van der Waals surface area (Å²) < 4.78 is 31.9. The Bertz CT molecular complexity index is 967. The maximum atomic E-state index is 12.3. The Hall–Kier alpha value is -2.10. The molecule has 0 aromatic rings.